The number of benzene rings is 1. The Labute approximate surface area is 148 Å². The van der Waals surface area contributed by atoms with Crippen molar-refractivity contribution in [2.45, 2.75) is 50.4 Å². The Balaban J connectivity index is 2.00. The zero-order chi connectivity index (χ0) is 18.2. The quantitative estimate of drug-likeness (QED) is 0.835. The normalized spacial score (nSPS) is 25.2. The number of aliphatic hydroxyl groups is 1. The van der Waals surface area contributed by atoms with Gasteiger partial charge in [0.05, 0.1) is 10.6 Å². The highest BCUT2D eigenvalue weighted by molar-refractivity contribution is 6.33. The molecule has 1 saturated carbocycles. The van der Waals surface area contributed by atoms with Crippen molar-refractivity contribution in [1.29, 1.82) is 0 Å². The number of nitrogens with zero attached hydrogens (tertiary/aromatic N) is 2. The molecule has 3 rings (SSSR count). The third kappa shape index (κ3) is 3.40. The molecule has 0 unspecified atom stereocenters. The van der Waals surface area contributed by atoms with E-state index >= 15 is 0 Å². The highest BCUT2D eigenvalue weighted by Crippen LogP contribution is 2.43. The molecule has 1 aromatic carbocycles. The summed E-state index contributed by atoms with van der Waals surface area (Å²) in [7, 11) is 0. The number of carbonyl (C=O) groups is 1. The third-order valence-corrected chi connectivity index (χ3v) is 5.23. The Hall–Kier alpha value is -1.60. The molecule has 1 aliphatic heterocycles. The van der Waals surface area contributed by atoms with Crippen LogP contribution < -0.4 is 0 Å². The smallest absolute Gasteiger partial charge is 0.368 e. The van der Waals surface area contributed by atoms with Crippen molar-refractivity contribution in [3.63, 3.8) is 0 Å². The van der Waals surface area contributed by atoms with E-state index in [1.165, 1.54) is 12.1 Å². The van der Waals surface area contributed by atoms with Gasteiger partial charge in [-0.15, -0.1) is 0 Å². The van der Waals surface area contributed by atoms with Crippen LogP contribution >= 0.6 is 11.6 Å². The van der Waals surface area contributed by atoms with Gasteiger partial charge in [0.25, 0.3) is 5.91 Å². The maximum absolute atomic E-state index is 13.2. The van der Waals surface area contributed by atoms with Crippen LogP contribution in [0.15, 0.2) is 29.4 Å². The molecule has 0 spiro atoms. The topological polar surface area (TPSA) is 52.9 Å². The molecule has 1 amide bonds. The molecule has 1 N–H and O–H groups in total. The lowest BCUT2D eigenvalue weighted by molar-refractivity contribution is -0.123. The Kier molecular flexibility index (Phi) is 4.81. The first-order valence-corrected chi connectivity index (χ1v) is 8.57. The number of hydrazone groups is 1. The number of hydrogen-bond acceptors (Lipinski definition) is 3. The fourth-order valence-corrected chi connectivity index (χ4v) is 3.79. The maximum atomic E-state index is 13.2. The van der Waals surface area contributed by atoms with Crippen LogP contribution in [0, 0.1) is 5.92 Å². The first-order valence-electron chi connectivity index (χ1n) is 8.19. The van der Waals surface area contributed by atoms with Crippen LogP contribution in [-0.4, -0.2) is 33.6 Å². The van der Waals surface area contributed by atoms with Gasteiger partial charge in [-0.2, -0.15) is 23.3 Å². The lowest BCUT2D eigenvalue weighted by Gasteiger charge is -2.40. The predicted molar refractivity (Wildman–Crippen MR) is 87.3 cm³/mol. The first kappa shape index (κ1) is 18.2. The number of halogens is 4. The van der Waals surface area contributed by atoms with Crippen LogP contribution in [0.4, 0.5) is 13.2 Å². The van der Waals surface area contributed by atoms with Crippen LogP contribution in [0.25, 0.3) is 0 Å². The van der Waals surface area contributed by atoms with E-state index in [1.807, 2.05) is 0 Å². The van der Waals surface area contributed by atoms with Crippen molar-refractivity contribution in [3.05, 3.63) is 34.9 Å². The van der Waals surface area contributed by atoms with Gasteiger partial charge in [-0.05, 0) is 25.0 Å². The van der Waals surface area contributed by atoms with Gasteiger partial charge in [-0.25, -0.2) is 0 Å². The van der Waals surface area contributed by atoms with Crippen molar-refractivity contribution < 1.29 is 23.1 Å². The molecule has 0 radical (unpaired) electrons. The molecule has 0 bridgehead atoms. The molecule has 1 heterocycles. The molecule has 8 heteroatoms. The second-order valence-electron chi connectivity index (χ2n) is 6.53. The van der Waals surface area contributed by atoms with E-state index < -0.39 is 35.9 Å². The highest BCUT2D eigenvalue weighted by atomic mass is 35.5. The summed E-state index contributed by atoms with van der Waals surface area (Å²) in [6, 6.07) is 6.05. The van der Waals surface area contributed by atoms with Crippen LogP contribution in [0.5, 0.6) is 0 Å². The van der Waals surface area contributed by atoms with Crippen LogP contribution in [0.1, 0.15) is 48.9 Å². The number of carbonyl (C=O) groups excluding carboxylic acids is 1. The first-order chi connectivity index (χ1) is 11.7. The van der Waals surface area contributed by atoms with E-state index in [4.69, 9.17) is 11.6 Å². The van der Waals surface area contributed by atoms with Crippen LogP contribution in [0.2, 0.25) is 5.02 Å². The van der Waals surface area contributed by atoms with E-state index in [2.05, 4.69) is 5.10 Å². The van der Waals surface area contributed by atoms with Crippen LogP contribution in [-0.2, 0) is 0 Å². The summed E-state index contributed by atoms with van der Waals surface area (Å²) < 4.78 is 39.6. The van der Waals surface area contributed by atoms with Gasteiger partial charge in [-0.3, -0.25) is 4.79 Å². The number of alkyl halides is 3. The summed E-state index contributed by atoms with van der Waals surface area (Å²) in [6.45, 7) is 0. The minimum absolute atomic E-state index is 0.0191. The molecule has 25 heavy (non-hydrogen) atoms. The minimum Gasteiger partial charge on any atom is -0.368 e. The van der Waals surface area contributed by atoms with E-state index in [-0.39, 0.29) is 10.6 Å². The summed E-state index contributed by atoms with van der Waals surface area (Å²) in [5.74, 6) is -1.27. The average molecular weight is 375 g/mol. The molecule has 136 valence electrons. The second-order valence-corrected chi connectivity index (χ2v) is 6.94. The number of amides is 1. The number of hydrogen-bond donors (Lipinski definition) is 1. The maximum Gasteiger partial charge on any atom is 0.431 e. The summed E-state index contributed by atoms with van der Waals surface area (Å²) in [6.07, 6.45) is -1.70. The predicted octanol–water partition coefficient (Wildman–Crippen LogP) is 4.37. The summed E-state index contributed by atoms with van der Waals surface area (Å²) in [5.41, 5.74) is -3.09. The Bertz CT molecular complexity index is 701. The molecule has 0 aromatic heterocycles. The van der Waals surface area contributed by atoms with E-state index in [0.717, 1.165) is 19.3 Å². The summed E-state index contributed by atoms with van der Waals surface area (Å²) in [5, 5.41) is 15.3. The lowest BCUT2D eigenvalue weighted by atomic mass is 9.79. The van der Waals surface area contributed by atoms with E-state index in [1.54, 1.807) is 12.1 Å². The van der Waals surface area contributed by atoms with Crippen LogP contribution in [0.3, 0.4) is 0 Å². The zero-order valence-electron chi connectivity index (χ0n) is 13.4. The fourth-order valence-electron chi connectivity index (χ4n) is 3.57. The average Bonchev–Trinajstić information content (AvgIpc) is 2.95. The lowest BCUT2D eigenvalue weighted by Crippen LogP contribution is -2.52. The van der Waals surface area contributed by atoms with E-state index in [9.17, 15) is 23.1 Å². The molecular weight excluding hydrogens is 357 g/mol. The molecule has 1 aromatic rings. The van der Waals surface area contributed by atoms with Crippen molar-refractivity contribution in [2.24, 2.45) is 11.0 Å². The van der Waals surface area contributed by atoms with Gasteiger partial charge in [0, 0.05) is 12.3 Å². The standard InChI is InChI=1S/C17H18ClF3N2O2/c18-13-9-5-4-8-12(13)15(24)23-16(25,11-6-2-1-3-7-11)10-14(22-23)17(19,20)21/h4-5,8-9,11,25H,1-3,6-7,10H2/t16-/m1/s1. The molecule has 0 saturated heterocycles. The van der Waals surface area contributed by atoms with Crippen molar-refractivity contribution in [1.82, 2.24) is 5.01 Å². The second kappa shape index (κ2) is 6.61. The third-order valence-electron chi connectivity index (χ3n) is 4.90. The van der Waals surface area contributed by atoms with Gasteiger partial charge in [-0.1, -0.05) is 43.0 Å². The van der Waals surface area contributed by atoms with Crippen molar-refractivity contribution in [2.75, 3.05) is 0 Å². The molecule has 1 fully saturated rings. The zero-order valence-corrected chi connectivity index (χ0v) is 14.1. The van der Waals surface area contributed by atoms with Crippen molar-refractivity contribution >= 4 is 23.2 Å². The SMILES string of the molecule is O=C(c1ccccc1Cl)N1N=C(C(F)(F)F)C[C@@]1(O)C1CCCCC1. The monoisotopic (exact) mass is 374 g/mol. The minimum atomic E-state index is -4.70. The van der Waals surface area contributed by atoms with Gasteiger partial charge in [0.1, 0.15) is 5.71 Å². The van der Waals surface area contributed by atoms with E-state index in [0.29, 0.717) is 17.9 Å². The Morgan fingerprint density at radius 2 is 1.88 bits per heavy atom. The van der Waals surface area contributed by atoms with Gasteiger partial charge in [0.2, 0.25) is 0 Å². The molecule has 1 atom stereocenters. The van der Waals surface area contributed by atoms with Gasteiger partial charge >= 0.3 is 6.18 Å². The molecule has 1 aliphatic carbocycles. The Morgan fingerprint density at radius 3 is 2.48 bits per heavy atom. The molecule has 2 aliphatic rings. The van der Waals surface area contributed by atoms with Gasteiger partial charge in [0.15, 0.2) is 5.72 Å². The summed E-state index contributed by atoms with van der Waals surface area (Å²) >= 11 is 6.00. The number of rotatable bonds is 2. The van der Waals surface area contributed by atoms with Crippen molar-refractivity contribution in [3.8, 4) is 0 Å². The largest absolute Gasteiger partial charge is 0.431 e. The summed E-state index contributed by atoms with van der Waals surface area (Å²) in [4.78, 5) is 12.8. The Morgan fingerprint density at radius 1 is 1.24 bits per heavy atom. The molecule has 4 nitrogen and oxygen atoms in total. The molecular formula is C17H18ClF3N2O2. The fraction of sp³-hybridized carbons (Fsp3) is 0.529. The van der Waals surface area contributed by atoms with Gasteiger partial charge < -0.3 is 5.11 Å². The highest BCUT2D eigenvalue weighted by Gasteiger charge is 2.55.